The number of allylic oxidation sites excluding steroid dienone is 1. The maximum absolute atomic E-state index is 11.0. The Morgan fingerprint density at radius 1 is 1.00 bits per heavy atom. The largest absolute Gasteiger partial charge is 0.435 e. The van der Waals surface area contributed by atoms with Crippen molar-refractivity contribution in [3.8, 4) is 0 Å². The van der Waals surface area contributed by atoms with Crippen molar-refractivity contribution in [2.75, 3.05) is 0 Å². The van der Waals surface area contributed by atoms with E-state index in [1.54, 1.807) is 0 Å². The Kier molecular flexibility index (Phi) is 13.2. The Balaban J connectivity index is 3.17. The van der Waals surface area contributed by atoms with Gasteiger partial charge in [0, 0.05) is 0 Å². The molecule has 0 heterocycles. The molecule has 0 aliphatic carbocycles. The minimum absolute atomic E-state index is 0.239. The highest BCUT2D eigenvalue weighted by atomic mass is 16.5. The second-order valence-electron chi connectivity index (χ2n) is 4.60. The number of unbranched alkanes of at least 4 members (excludes halogenated alkanes) is 8. The van der Waals surface area contributed by atoms with Crippen LogP contribution >= 0.6 is 0 Å². The quantitative estimate of drug-likeness (QED) is 0.208. The van der Waals surface area contributed by atoms with Crippen molar-refractivity contribution in [3.63, 3.8) is 0 Å². The van der Waals surface area contributed by atoms with Crippen LogP contribution in [0.2, 0.25) is 0 Å². The number of hydrogen-bond acceptors (Lipinski definition) is 2. The van der Waals surface area contributed by atoms with Crippen LogP contribution in [-0.2, 0) is 9.53 Å². The van der Waals surface area contributed by atoms with E-state index in [-0.39, 0.29) is 5.97 Å². The number of esters is 1. The summed E-state index contributed by atoms with van der Waals surface area (Å²) in [4.78, 5) is 11.0. The molecule has 0 aromatic heterocycles. The molecule has 2 nitrogen and oxygen atoms in total. The van der Waals surface area contributed by atoms with Crippen molar-refractivity contribution in [2.45, 2.75) is 71.1 Å². The fraction of sp³-hybridized carbons (Fsp3) is 0.688. The highest BCUT2D eigenvalue weighted by Gasteiger charge is 1.94. The zero-order valence-corrected chi connectivity index (χ0v) is 11.8. The zero-order valence-electron chi connectivity index (χ0n) is 11.8. The molecule has 0 saturated carbocycles. The number of hydrogen-bond donors (Lipinski definition) is 0. The van der Waals surface area contributed by atoms with E-state index in [0.717, 1.165) is 6.42 Å². The lowest BCUT2D eigenvalue weighted by Crippen LogP contribution is -1.95. The van der Waals surface area contributed by atoms with Crippen molar-refractivity contribution < 1.29 is 9.53 Å². The van der Waals surface area contributed by atoms with Gasteiger partial charge in [0.05, 0.1) is 12.7 Å². The van der Waals surface area contributed by atoms with Gasteiger partial charge in [-0.1, -0.05) is 70.6 Å². The molecule has 0 atom stereocenters. The molecule has 0 unspecified atom stereocenters. The third kappa shape index (κ3) is 13.0. The second-order valence-corrected chi connectivity index (χ2v) is 4.60. The Hall–Kier alpha value is -1.05. The van der Waals surface area contributed by atoms with Gasteiger partial charge < -0.3 is 4.74 Å². The average Bonchev–Trinajstić information content (AvgIpc) is 2.36. The topological polar surface area (TPSA) is 26.3 Å². The molecule has 0 rings (SSSR count). The molecule has 2 heteroatoms. The highest BCUT2D eigenvalue weighted by molar-refractivity contribution is 5.71. The van der Waals surface area contributed by atoms with Gasteiger partial charge in [-0.3, -0.25) is 4.79 Å². The average molecular weight is 252 g/mol. The first-order valence-electron chi connectivity index (χ1n) is 7.26. The van der Waals surface area contributed by atoms with Crippen LogP contribution < -0.4 is 0 Å². The van der Waals surface area contributed by atoms with Crippen LogP contribution in [0.3, 0.4) is 0 Å². The van der Waals surface area contributed by atoms with Crippen LogP contribution in [0.4, 0.5) is 0 Å². The van der Waals surface area contributed by atoms with E-state index >= 15 is 0 Å². The Bertz CT molecular complexity index is 231. The molecule has 0 amide bonds. The van der Waals surface area contributed by atoms with Crippen LogP contribution in [0.5, 0.6) is 0 Å². The maximum Gasteiger partial charge on any atom is 0.314 e. The molecule has 0 N–H and O–H groups in total. The minimum Gasteiger partial charge on any atom is -0.435 e. The number of ether oxygens (including phenoxy) is 1. The SMILES string of the molecule is C=COC(=O)C/C=C/CCCCCCCCCC. The molecule has 0 radical (unpaired) electrons. The van der Waals surface area contributed by atoms with Gasteiger partial charge in [0.1, 0.15) is 0 Å². The van der Waals surface area contributed by atoms with Crippen LogP contribution in [0, 0.1) is 0 Å². The molecule has 0 aromatic carbocycles. The van der Waals surface area contributed by atoms with Crippen LogP contribution in [0.1, 0.15) is 71.1 Å². The van der Waals surface area contributed by atoms with Crippen LogP contribution in [0.25, 0.3) is 0 Å². The number of carbonyl (C=O) groups is 1. The summed E-state index contributed by atoms with van der Waals surface area (Å²) >= 11 is 0. The molecule has 104 valence electrons. The zero-order chi connectivity index (χ0) is 13.5. The van der Waals surface area contributed by atoms with Gasteiger partial charge in [0.15, 0.2) is 0 Å². The monoisotopic (exact) mass is 252 g/mol. The predicted molar refractivity (Wildman–Crippen MR) is 77.3 cm³/mol. The summed E-state index contributed by atoms with van der Waals surface area (Å²) in [5.74, 6) is -0.239. The van der Waals surface area contributed by atoms with Gasteiger partial charge in [-0.05, 0) is 12.8 Å². The molecule has 0 aliphatic rings. The minimum atomic E-state index is -0.239. The fourth-order valence-corrected chi connectivity index (χ4v) is 1.83. The predicted octanol–water partition coefficient (Wildman–Crippen LogP) is 5.15. The molecular formula is C16H28O2. The lowest BCUT2D eigenvalue weighted by molar-refractivity contribution is -0.136. The van der Waals surface area contributed by atoms with E-state index in [4.69, 9.17) is 0 Å². The molecule has 18 heavy (non-hydrogen) atoms. The van der Waals surface area contributed by atoms with E-state index in [9.17, 15) is 4.79 Å². The van der Waals surface area contributed by atoms with Crippen LogP contribution in [-0.4, -0.2) is 5.97 Å². The smallest absolute Gasteiger partial charge is 0.314 e. The molecule has 0 fully saturated rings. The molecule has 0 bridgehead atoms. The first-order valence-corrected chi connectivity index (χ1v) is 7.26. The Morgan fingerprint density at radius 3 is 2.22 bits per heavy atom. The van der Waals surface area contributed by atoms with Gasteiger partial charge >= 0.3 is 5.97 Å². The summed E-state index contributed by atoms with van der Waals surface area (Å²) in [6, 6.07) is 0. The van der Waals surface area contributed by atoms with E-state index < -0.39 is 0 Å². The molecule has 0 saturated heterocycles. The number of rotatable bonds is 12. The lowest BCUT2D eigenvalue weighted by Gasteiger charge is -1.99. The third-order valence-corrected chi connectivity index (χ3v) is 2.89. The van der Waals surface area contributed by atoms with Gasteiger partial charge in [-0.15, -0.1) is 0 Å². The van der Waals surface area contributed by atoms with E-state index in [2.05, 4.69) is 24.3 Å². The summed E-state index contributed by atoms with van der Waals surface area (Å²) in [6.07, 6.45) is 17.3. The Morgan fingerprint density at radius 2 is 1.61 bits per heavy atom. The summed E-state index contributed by atoms with van der Waals surface area (Å²) in [6.45, 7) is 5.59. The summed E-state index contributed by atoms with van der Waals surface area (Å²) in [5, 5.41) is 0. The standard InChI is InChI=1S/C16H28O2/c1-3-5-6-7-8-9-10-11-12-13-14-15-16(17)18-4-2/h4,13-14H,2-3,5-12,15H2,1H3/b14-13+. The molecule has 0 aliphatic heterocycles. The van der Waals surface area contributed by atoms with Gasteiger partial charge in [0.25, 0.3) is 0 Å². The first kappa shape index (κ1) is 16.9. The van der Waals surface area contributed by atoms with Crippen molar-refractivity contribution >= 4 is 5.97 Å². The highest BCUT2D eigenvalue weighted by Crippen LogP contribution is 2.09. The van der Waals surface area contributed by atoms with Crippen molar-refractivity contribution in [1.82, 2.24) is 0 Å². The van der Waals surface area contributed by atoms with Crippen molar-refractivity contribution in [2.24, 2.45) is 0 Å². The summed E-state index contributed by atoms with van der Waals surface area (Å²) in [5.41, 5.74) is 0. The first-order chi connectivity index (χ1) is 8.81. The molecule has 0 aromatic rings. The maximum atomic E-state index is 11.0. The van der Waals surface area contributed by atoms with E-state index in [1.807, 2.05) is 6.08 Å². The van der Waals surface area contributed by atoms with Gasteiger partial charge in [-0.2, -0.15) is 0 Å². The third-order valence-electron chi connectivity index (χ3n) is 2.89. The summed E-state index contributed by atoms with van der Waals surface area (Å²) < 4.78 is 4.61. The molecule has 0 spiro atoms. The lowest BCUT2D eigenvalue weighted by atomic mass is 10.1. The summed E-state index contributed by atoms with van der Waals surface area (Å²) in [7, 11) is 0. The number of carbonyl (C=O) groups excluding carboxylic acids is 1. The van der Waals surface area contributed by atoms with Crippen molar-refractivity contribution in [1.29, 1.82) is 0 Å². The van der Waals surface area contributed by atoms with Gasteiger partial charge in [-0.25, -0.2) is 0 Å². The van der Waals surface area contributed by atoms with Crippen molar-refractivity contribution in [3.05, 3.63) is 25.0 Å². The van der Waals surface area contributed by atoms with Crippen LogP contribution in [0.15, 0.2) is 25.0 Å². The Labute approximate surface area is 112 Å². The van der Waals surface area contributed by atoms with Gasteiger partial charge in [0.2, 0.25) is 0 Å². The second kappa shape index (κ2) is 14.0. The molecular weight excluding hydrogens is 224 g/mol. The van der Waals surface area contributed by atoms with E-state index in [0.29, 0.717) is 6.42 Å². The fourth-order valence-electron chi connectivity index (χ4n) is 1.83. The van der Waals surface area contributed by atoms with E-state index in [1.165, 1.54) is 57.6 Å². The normalized spacial score (nSPS) is 10.7.